The van der Waals surface area contributed by atoms with E-state index >= 15 is 0 Å². The van der Waals surface area contributed by atoms with Gasteiger partial charge in [-0.05, 0) is 49.6 Å². The molecule has 1 heterocycles. The SMILES string of the molecule is O=C(NCC[C@H]1CC[C@@H](NS(=O)(=O)c2ccccc2)[C@@H](CO)O1)c1cc(Cl)cc(Cl)c1. The monoisotopic (exact) mass is 486 g/mol. The fraction of sp³-hybridized carbons (Fsp3) is 0.381. The first-order chi connectivity index (χ1) is 14.8. The van der Waals surface area contributed by atoms with Gasteiger partial charge in [-0.15, -0.1) is 0 Å². The van der Waals surface area contributed by atoms with Gasteiger partial charge in [0.15, 0.2) is 0 Å². The maximum Gasteiger partial charge on any atom is 0.251 e. The minimum atomic E-state index is -3.71. The fourth-order valence-corrected chi connectivity index (χ4v) is 5.33. The van der Waals surface area contributed by atoms with E-state index in [0.29, 0.717) is 41.4 Å². The minimum Gasteiger partial charge on any atom is -0.394 e. The van der Waals surface area contributed by atoms with Crippen LogP contribution in [-0.2, 0) is 14.8 Å². The van der Waals surface area contributed by atoms with Gasteiger partial charge in [-0.3, -0.25) is 4.79 Å². The maximum atomic E-state index is 12.6. The molecule has 1 aliphatic rings. The molecule has 7 nitrogen and oxygen atoms in total. The molecule has 1 amide bonds. The van der Waals surface area contributed by atoms with Crippen molar-refractivity contribution in [2.24, 2.45) is 0 Å². The van der Waals surface area contributed by atoms with Gasteiger partial charge in [-0.2, -0.15) is 0 Å². The third kappa shape index (κ3) is 6.65. The zero-order valence-corrected chi connectivity index (χ0v) is 19.0. The average Bonchev–Trinajstić information content (AvgIpc) is 2.74. The van der Waals surface area contributed by atoms with Gasteiger partial charge in [0.2, 0.25) is 10.0 Å². The molecule has 31 heavy (non-hydrogen) atoms. The third-order valence-electron chi connectivity index (χ3n) is 5.03. The smallest absolute Gasteiger partial charge is 0.251 e. The molecule has 1 saturated heterocycles. The summed E-state index contributed by atoms with van der Waals surface area (Å²) in [6.07, 6.45) is 0.754. The standard InChI is InChI=1S/C21H24Cl2N2O5S/c22-15-10-14(11-16(23)12-15)21(27)24-9-8-17-6-7-19(20(13-26)30-17)25-31(28,29)18-4-2-1-3-5-18/h1-5,10-12,17,19-20,25-26H,6-9,13H2,(H,24,27)/t17-,19-,20-/m1/s1. The highest BCUT2D eigenvalue weighted by atomic mass is 35.5. The summed E-state index contributed by atoms with van der Waals surface area (Å²) in [6, 6.07) is 12.1. The van der Waals surface area contributed by atoms with Crippen LogP contribution in [0.5, 0.6) is 0 Å². The number of sulfonamides is 1. The van der Waals surface area contributed by atoms with Crippen LogP contribution >= 0.6 is 23.2 Å². The fourth-order valence-electron chi connectivity index (χ4n) is 3.48. The molecule has 0 unspecified atom stereocenters. The number of carbonyl (C=O) groups is 1. The molecule has 3 N–H and O–H groups in total. The summed E-state index contributed by atoms with van der Waals surface area (Å²) in [5, 5.41) is 13.3. The van der Waals surface area contributed by atoms with Crippen LogP contribution in [0.2, 0.25) is 10.0 Å². The van der Waals surface area contributed by atoms with Gasteiger partial charge in [0.25, 0.3) is 5.91 Å². The zero-order valence-electron chi connectivity index (χ0n) is 16.6. The highest BCUT2D eigenvalue weighted by molar-refractivity contribution is 7.89. The number of aliphatic hydroxyl groups excluding tert-OH is 1. The van der Waals surface area contributed by atoms with Crippen LogP contribution in [0.4, 0.5) is 0 Å². The van der Waals surface area contributed by atoms with E-state index in [0.717, 1.165) is 0 Å². The van der Waals surface area contributed by atoms with E-state index in [2.05, 4.69) is 10.0 Å². The summed E-state index contributed by atoms with van der Waals surface area (Å²) in [7, 11) is -3.71. The van der Waals surface area contributed by atoms with Crippen LogP contribution in [0.25, 0.3) is 0 Å². The van der Waals surface area contributed by atoms with Crippen molar-refractivity contribution in [3.05, 3.63) is 64.1 Å². The molecule has 2 aromatic carbocycles. The molecule has 168 valence electrons. The summed E-state index contributed by atoms with van der Waals surface area (Å²) >= 11 is 11.8. The van der Waals surface area contributed by atoms with Crippen molar-refractivity contribution >= 4 is 39.1 Å². The van der Waals surface area contributed by atoms with E-state index in [-0.39, 0.29) is 23.5 Å². The van der Waals surface area contributed by atoms with Crippen LogP contribution in [0.1, 0.15) is 29.6 Å². The molecule has 2 aromatic rings. The molecule has 0 radical (unpaired) electrons. The normalized spacial score (nSPS) is 21.6. The van der Waals surface area contributed by atoms with Crippen molar-refractivity contribution in [2.45, 2.75) is 42.4 Å². The van der Waals surface area contributed by atoms with E-state index in [1.165, 1.54) is 24.3 Å². The summed E-state index contributed by atoms with van der Waals surface area (Å²) < 4.78 is 33.6. The highest BCUT2D eigenvalue weighted by Crippen LogP contribution is 2.24. The molecule has 0 spiro atoms. The second kappa shape index (κ2) is 10.8. The van der Waals surface area contributed by atoms with Gasteiger partial charge < -0.3 is 15.2 Å². The Morgan fingerprint density at radius 3 is 2.42 bits per heavy atom. The first kappa shape index (κ1) is 24.0. The summed E-state index contributed by atoms with van der Waals surface area (Å²) in [5.41, 5.74) is 0.366. The van der Waals surface area contributed by atoms with Gasteiger partial charge in [0, 0.05) is 22.2 Å². The Balaban J connectivity index is 1.51. The Kier molecular flexibility index (Phi) is 8.32. The molecule has 0 saturated carbocycles. The van der Waals surface area contributed by atoms with Crippen molar-refractivity contribution < 1.29 is 23.1 Å². The number of amides is 1. The number of hydrogen-bond acceptors (Lipinski definition) is 5. The van der Waals surface area contributed by atoms with E-state index < -0.39 is 22.2 Å². The number of halogens is 2. The molecule has 0 bridgehead atoms. The first-order valence-electron chi connectivity index (χ1n) is 9.86. The number of nitrogens with one attached hydrogen (secondary N) is 2. The van der Waals surface area contributed by atoms with E-state index in [1.807, 2.05) is 0 Å². The van der Waals surface area contributed by atoms with Gasteiger partial charge in [-0.1, -0.05) is 41.4 Å². The highest BCUT2D eigenvalue weighted by Gasteiger charge is 2.33. The summed E-state index contributed by atoms with van der Waals surface area (Å²) in [6.45, 7) is 0.0397. The lowest BCUT2D eigenvalue weighted by Crippen LogP contribution is -2.51. The predicted molar refractivity (Wildman–Crippen MR) is 119 cm³/mol. The molecular formula is C21H24Cl2N2O5S. The second-order valence-electron chi connectivity index (χ2n) is 7.30. The molecule has 0 aromatic heterocycles. The Hall–Kier alpha value is -1.68. The lowest BCUT2D eigenvalue weighted by molar-refractivity contribution is -0.0871. The van der Waals surface area contributed by atoms with E-state index in [1.54, 1.807) is 24.3 Å². The van der Waals surface area contributed by atoms with Crippen LogP contribution in [0.15, 0.2) is 53.4 Å². The Morgan fingerprint density at radius 1 is 1.10 bits per heavy atom. The Bertz CT molecular complexity index is 984. The van der Waals surface area contributed by atoms with Crippen molar-refractivity contribution in [3.8, 4) is 0 Å². The summed E-state index contributed by atoms with van der Waals surface area (Å²) in [4.78, 5) is 12.4. The maximum absolute atomic E-state index is 12.6. The van der Waals surface area contributed by atoms with Gasteiger partial charge in [0.1, 0.15) is 0 Å². The van der Waals surface area contributed by atoms with Gasteiger partial charge in [-0.25, -0.2) is 13.1 Å². The van der Waals surface area contributed by atoms with E-state index in [9.17, 15) is 18.3 Å². The van der Waals surface area contributed by atoms with Crippen molar-refractivity contribution in [1.82, 2.24) is 10.0 Å². The van der Waals surface area contributed by atoms with E-state index in [4.69, 9.17) is 27.9 Å². The van der Waals surface area contributed by atoms with Gasteiger partial charge >= 0.3 is 0 Å². The van der Waals surface area contributed by atoms with Crippen LogP contribution < -0.4 is 10.0 Å². The Morgan fingerprint density at radius 2 is 1.77 bits per heavy atom. The molecule has 3 rings (SSSR count). The third-order valence-corrected chi connectivity index (χ3v) is 6.97. The molecule has 0 aliphatic carbocycles. The predicted octanol–water partition coefficient (Wildman–Crippen LogP) is 3.00. The molecule has 1 aliphatic heterocycles. The lowest BCUT2D eigenvalue weighted by Gasteiger charge is -2.36. The molecule has 1 fully saturated rings. The van der Waals surface area contributed by atoms with Crippen molar-refractivity contribution in [1.29, 1.82) is 0 Å². The topological polar surface area (TPSA) is 105 Å². The number of hydrogen-bond donors (Lipinski definition) is 3. The van der Waals surface area contributed by atoms with Crippen LogP contribution in [0, 0.1) is 0 Å². The second-order valence-corrected chi connectivity index (χ2v) is 9.89. The van der Waals surface area contributed by atoms with Crippen molar-refractivity contribution in [2.75, 3.05) is 13.2 Å². The molecular weight excluding hydrogens is 463 g/mol. The number of benzene rings is 2. The van der Waals surface area contributed by atoms with Gasteiger partial charge in [0.05, 0.1) is 29.8 Å². The quantitative estimate of drug-likeness (QED) is 0.531. The number of ether oxygens (including phenoxy) is 1. The first-order valence-corrected chi connectivity index (χ1v) is 12.1. The Labute approximate surface area is 191 Å². The minimum absolute atomic E-state index is 0.164. The molecule has 10 heteroatoms. The number of aliphatic hydroxyl groups is 1. The molecule has 3 atom stereocenters. The van der Waals surface area contributed by atoms with Crippen LogP contribution in [-0.4, -0.2) is 50.8 Å². The summed E-state index contributed by atoms with van der Waals surface area (Å²) in [5.74, 6) is -0.299. The average molecular weight is 487 g/mol. The van der Waals surface area contributed by atoms with Crippen molar-refractivity contribution in [3.63, 3.8) is 0 Å². The van der Waals surface area contributed by atoms with Crippen LogP contribution in [0.3, 0.4) is 0 Å². The zero-order chi connectivity index (χ0) is 22.4. The number of rotatable bonds is 8. The largest absolute Gasteiger partial charge is 0.394 e. The lowest BCUT2D eigenvalue weighted by atomic mass is 9.98. The number of carbonyl (C=O) groups excluding carboxylic acids is 1.